The largest absolute Gasteiger partial charge is 0.387 e. The van der Waals surface area contributed by atoms with Gasteiger partial charge in [-0.1, -0.05) is 54.6 Å². The van der Waals surface area contributed by atoms with Crippen molar-refractivity contribution in [3.05, 3.63) is 102 Å². The van der Waals surface area contributed by atoms with Gasteiger partial charge in [-0.05, 0) is 52.9 Å². The summed E-state index contributed by atoms with van der Waals surface area (Å²) in [5.74, 6) is 0.604. The average molecular weight is 382 g/mol. The lowest BCUT2D eigenvalue weighted by Gasteiger charge is -2.10. The molecule has 3 aromatic carbocycles. The van der Waals surface area contributed by atoms with Crippen LogP contribution in [0.15, 0.2) is 90.1 Å². The lowest BCUT2D eigenvalue weighted by atomic mass is 10.0. The van der Waals surface area contributed by atoms with Gasteiger partial charge in [-0.2, -0.15) is 0 Å². The van der Waals surface area contributed by atoms with Crippen LogP contribution in [-0.2, 0) is 6.42 Å². The molecule has 4 N–H and O–H groups in total. The van der Waals surface area contributed by atoms with Gasteiger partial charge < -0.3 is 16.4 Å². The van der Waals surface area contributed by atoms with E-state index >= 15 is 0 Å². The number of carbonyl (C=O) groups is 1. The number of nitrogens with two attached hydrogens (primary N) is 1. The molecule has 0 spiro atoms. The molecule has 0 fully saturated rings. The molecule has 5 heteroatoms. The average Bonchev–Trinajstić information content (AvgIpc) is 3.17. The summed E-state index contributed by atoms with van der Waals surface area (Å²) >= 11 is 0. The lowest BCUT2D eigenvalue weighted by molar-refractivity contribution is 0.262. The van der Waals surface area contributed by atoms with Crippen LogP contribution in [0.2, 0.25) is 0 Å². The van der Waals surface area contributed by atoms with Gasteiger partial charge in [0.2, 0.25) is 0 Å². The molecule has 0 saturated carbocycles. The predicted octanol–water partition coefficient (Wildman–Crippen LogP) is 5.02. The first-order valence-electron chi connectivity index (χ1n) is 9.48. The molecule has 0 bridgehead atoms. The quantitative estimate of drug-likeness (QED) is 0.579. The van der Waals surface area contributed by atoms with Gasteiger partial charge in [0.1, 0.15) is 5.84 Å². The topological polar surface area (TPSA) is 79.5 Å². The number of amidine groups is 1. The Hall–Kier alpha value is -3.86. The zero-order valence-electron chi connectivity index (χ0n) is 15.9. The second-order valence-electron chi connectivity index (χ2n) is 6.97. The van der Waals surface area contributed by atoms with Crippen molar-refractivity contribution < 1.29 is 4.79 Å². The number of hydrogen-bond donors (Lipinski definition) is 3. The second-order valence-corrected chi connectivity index (χ2v) is 6.97. The Labute approximate surface area is 170 Å². The van der Waals surface area contributed by atoms with E-state index in [1.807, 2.05) is 66.7 Å². The molecular weight excluding hydrogens is 360 g/mol. The molecule has 1 heterocycles. The van der Waals surface area contributed by atoms with Crippen LogP contribution < -0.4 is 16.4 Å². The monoisotopic (exact) mass is 382 g/mol. The number of anilines is 2. The maximum Gasteiger partial charge on any atom is 0.323 e. The van der Waals surface area contributed by atoms with E-state index in [0.717, 1.165) is 23.2 Å². The summed E-state index contributed by atoms with van der Waals surface area (Å²) < 4.78 is 0. The van der Waals surface area contributed by atoms with Gasteiger partial charge in [0, 0.05) is 24.0 Å². The molecule has 0 saturated heterocycles. The molecule has 0 aromatic heterocycles. The summed E-state index contributed by atoms with van der Waals surface area (Å²) in [7, 11) is 0. The summed E-state index contributed by atoms with van der Waals surface area (Å²) in [6.07, 6.45) is 3.26. The minimum atomic E-state index is -0.283. The zero-order valence-corrected chi connectivity index (χ0v) is 15.9. The van der Waals surface area contributed by atoms with Gasteiger partial charge in [0.25, 0.3) is 0 Å². The van der Waals surface area contributed by atoms with E-state index in [4.69, 9.17) is 5.73 Å². The molecule has 0 aliphatic carbocycles. The van der Waals surface area contributed by atoms with E-state index < -0.39 is 0 Å². The number of nitrogens with one attached hydrogen (secondary N) is 2. The van der Waals surface area contributed by atoms with E-state index in [0.29, 0.717) is 17.9 Å². The van der Waals surface area contributed by atoms with Gasteiger partial charge in [0.15, 0.2) is 0 Å². The number of urea groups is 1. The minimum Gasteiger partial charge on any atom is -0.387 e. The first-order valence-corrected chi connectivity index (χ1v) is 9.48. The van der Waals surface area contributed by atoms with Crippen molar-refractivity contribution in [2.75, 3.05) is 10.6 Å². The molecule has 2 amide bonds. The van der Waals surface area contributed by atoms with Gasteiger partial charge in [-0.25, -0.2) is 9.79 Å². The van der Waals surface area contributed by atoms with Crippen LogP contribution in [0.3, 0.4) is 0 Å². The van der Waals surface area contributed by atoms with Crippen LogP contribution in [-0.4, -0.2) is 11.9 Å². The Morgan fingerprint density at radius 2 is 1.59 bits per heavy atom. The number of amides is 2. The summed E-state index contributed by atoms with van der Waals surface area (Å²) in [5.41, 5.74) is 11.7. The Morgan fingerprint density at radius 1 is 0.862 bits per heavy atom. The highest BCUT2D eigenvalue weighted by atomic mass is 16.2. The lowest BCUT2D eigenvalue weighted by Crippen LogP contribution is -2.19. The molecule has 1 aliphatic rings. The molecule has 29 heavy (non-hydrogen) atoms. The highest BCUT2D eigenvalue weighted by Gasteiger charge is 2.10. The van der Waals surface area contributed by atoms with Gasteiger partial charge >= 0.3 is 6.03 Å². The molecular formula is C24H22N4O. The third kappa shape index (κ3) is 4.90. The van der Waals surface area contributed by atoms with Crippen LogP contribution >= 0.6 is 0 Å². The fraction of sp³-hybridized carbons (Fsp3) is 0.0833. The van der Waals surface area contributed by atoms with Crippen molar-refractivity contribution >= 4 is 28.8 Å². The minimum absolute atomic E-state index is 0.283. The first kappa shape index (κ1) is 18.5. The molecule has 144 valence electrons. The summed E-state index contributed by atoms with van der Waals surface area (Å²) in [5, 5.41) is 5.74. The number of rotatable bonds is 5. The molecule has 5 nitrogen and oxygen atoms in total. The summed E-state index contributed by atoms with van der Waals surface area (Å²) in [6, 6.07) is 25.6. The maximum absolute atomic E-state index is 12.4. The molecule has 4 rings (SSSR count). The van der Waals surface area contributed by atoms with Crippen molar-refractivity contribution in [1.29, 1.82) is 0 Å². The Kier molecular flexibility index (Phi) is 5.38. The molecule has 3 aromatic rings. The van der Waals surface area contributed by atoms with Gasteiger partial charge in [-0.15, -0.1) is 0 Å². The number of aliphatic imine (C=N–C) groups is 1. The fourth-order valence-corrected chi connectivity index (χ4v) is 3.25. The number of nitrogens with zero attached hydrogens (tertiary/aromatic N) is 1. The van der Waals surface area contributed by atoms with E-state index in [-0.39, 0.29) is 6.03 Å². The summed E-state index contributed by atoms with van der Waals surface area (Å²) in [4.78, 5) is 16.5. The van der Waals surface area contributed by atoms with Crippen molar-refractivity contribution in [2.24, 2.45) is 10.7 Å². The van der Waals surface area contributed by atoms with Crippen molar-refractivity contribution in [3.63, 3.8) is 0 Å². The number of hydrogen-bond acceptors (Lipinski definition) is 3. The normalized spacial score (nSPS) is 12.8. The molecule has 0 atom stereocenters. The van der Waals surface area contributed by atoms with Crippen LogP contribution in [0.4, 0.5) is 16.2 Å². The van der Waals surface area contributed by atoms with E-state index in [1.165, 1.54) is 11.1 Å². The standard InChI is InChI=1S/C24H22N4O/c25-23-15-20(16-26-23)19-7-4-8-22(14-19)28-24(29)27-21-11-9-18(10-12-21)13-17-5-2-1-3-6-17/h1-12,14,16H,13,15H2,(H2,25,26)(H2,27,28,29). The smallest absolute Gasteiger partial charge is 0.323 e. The second kappa shape index (κ2) is 8.44. The maximum atomic E-state index is 12.4. The SMILES string of the molecule is NC1=NC=C(c2cccc(NC(=O)Nc3ccc(Cc4ccccc4)cc3)c2)C1. The summed E-state index contributed by atoms with van der Waals surface area (Å²) in [6.45, 7) is 0. The third-order valence-electron chi connectivity index (χ3n) is 4.71. The Balaban J connectivity index is 1.35. The van der Waals surface area contributed by atoms with Gasteiger partial charge in [-0.3, -0.25) is 0 Å². The molecule has 1 aliphatic heterocycles. The van der Waals surface area contributed by atoms with Crippen molar-refractivity contribution in [2.45, 2.75) is 12.8 Å². The Bertz CT molecular complexity index is 1070. The van der Waals surface area contributed by atoms with E-state index in [1.54, 1.807) is 6.20 Å². The molecule has 0 radical (unpaired) electrons. The molecule has 0 unspecified atom stereocenters. The highest BCUT2D eigenvalue weighted by Crippen LogP contribution is 2.25. The van der Waals surface area contributed by atoms with Crippen molar-refractivity contribution in [1.82, 2.24) is 0 Å². The first-order chi connectivity index (χ1) is 14.2. The van der Waals surface area contributed by atoms with Crippen molar-refractivity contribution in [3.8, 4) is 0 Å². The zero-order chi connectivity index (χ0) is 20.1. The third-order valence-corrected chi connectivity index (χ3v) is 4.71. The predicted molar refractivity (Wildman–Crippen MR) is 119 cm³/mol. The highest BCUT2D eigenvalue weighted by molar-refractivity contribution is 6.00. The van der Waals surface area contributed by atoms with E-state index in [9.17, 15) is 4.79 Å². The van der Waals surface area contributed by atoms with Gasteiger partial charge in [0.05, 0.1) is 0 Å². The number of carbonyl (C=O) groups excluding carboxylic acids is 1. The number of benzene rings is 3. The van der Waals surface area contributed by atoms with Crippen LogP contribution in [0.5, 0.6) is 0 Å². The van der Waals surface area contributed by atoms with Crippen LogP contribution in [0, 0.1) is 0 Å². The van der Waals surface area contributed by atoms with Crippen LogP contribution in [0.25, 0.3) is 5.57 Å². The fourth-order valence-electron chi connectivity index (χ4n) is 3.25. The van der Waals surface area contributed by atoms with Crippen LogP contribution in [0.1, 0.15) is 23.1 Å². The Morgan fingerprint density at radius 3 is 2.31 bits per heavy atom. The van der Waals surface area contributed by atoms with E-state index in [2.05, 4.69) is 27.8 Å².